The van der Waals surface area contributed by atoms with Gasteiger partial charge >= 0.3 is 0 Å². The quantitative estimate of drug-likeness (QED) is 0.693. The van der Waals surface area contributed by atoms with Gasteiger partial charge in [0.25, 0.3) is 5.91 Å². The molecule has 2 aromatic carbocycles. The number of amides is 1. The van der Waals surface area contributed by atoms with Crippen LogP contribution in [0.3, 0.4) is 0 Å². The predicted octanol–water partition coefficient (Wildman–Crippen LogP) is 2.54. The molecule has 0 radical (unpaired) electrons. The monoisotopic (exact) mass is 382 g/mol. The molecule has 0 atom stereocenters. The minimum Gasteiger partial charge on any atom is -0.497 e. The van der Waals surface area contributed by atoms with E-state index < -0.39 is 15.1 Å². The summed E-state index contributed by atoms with van der Waals surface area (Å²) in [7, 11) is -1.95. The van der Waals surface area contributed by atoms with Crippen molar-refractivity contribution in [1.82, 2.24) is 9.88 Å². The molecule has 1 saturated heterocycles. The van der Waals surface area contributed by atoms with Crippen molar-refractivity contribution in [3.8, 4) is 5.75 Å². The summed E-state index contributed by atoms with van der Waals surface area (Å²) in [5, 5.41) is 0.355. The molecular weight excluding hydrogens is 364 g/mol. The molecule has 1 fully saturated rings. The van der Waals surface area contributed by atoms with Crippen LogP contribution in [-0.2, 0) is 9.84 Å². The van der Waals surface area contributed by atoms with Crippen LogP contribution < -0.4 is 4.74 Å². The Morgan fingerprint density at radius 2 is 1.74 bits per heavy atom. The van der Waals surface area contributed by atoms with Crippen LogP contribution in [0.1, 0.15) is 10.5 Å². The van der Waals surface area contributed by atoms with Crippen LogP contribution in [0.5, 0.6) is 5.75 Å². The standard InChI is InChI=1S/C20H18N2O4S/c1-26-15-7-9-16(10-8-15)27(24,25)17-12-22(13-17)20(23)19-11-6-14-4-2-3-5-18(14)21-19/h2-11,17H,12-13H2,1H3. The van der Waals surface area contributed by atoms with E-state index in [1.54, 1.807) is 18.2 Å². The minimum absolute atomic E-state index is 0.168. The van der Waals surface area contributed by atoms with E-state index in [0.717, 1.165) is 10.9 Å². The maximum absolute atomic E-state index is 12.7. The molecule has 0 saturated carbocycles. The number of aromatic nitrogens is 1. The molecule has 0 N–H and O–H groups in total. The zero-order chi connectivity index (χ0) is 19.0. The fourth-order valence-corrected chi connectivity index (χ4v) is 4.76. The molecule has 2 heterocycles. The van der Waals surface area contributed by atoms with Gasteiger partial charge in [-0.25, -0.2) is 13.4 Å². The lowest BCUT2D eigenvalue weighted by Crippen LogP contribution is -2.56. The van der Waals surface area contributed by atoms with Crippen molar-refractivity contribution in [3.63, 3.8) is 0 Å². The number of pyridine rings is 1. The summed E-state index contributed by atoms with van der Waals surface area (Å²) in [4.78, 5) is 18.8. The Hall–Kier alpha value is -2.93. The van der Waals surface area contributed by atoms with Crippen LogP contribution in [0.4, 0.5) is 0 Å². The largest absolute Gasteiger partial charge is 0.497 e. The van der Waals surface area contributed by atoms with Crippen LogP contribution in [0.15, 0.2) is 65.6 Å². The second-order valence-corrected chi connectivity index (χ2v) is 8.67. The van der Waals surface area contributed by atoms with Crippen molar-refractivity contribution < 1.29 is 17.9 Å². The van der Waals surface area contributed by atoms with Gasteiger partial charge in [0.1, 0.15) is 16.7 Å². The van der Waals surface area contributed by atoms with Crippen molar-refractivity contribution in [2.45, 2.75) is 10.1 Å². The Kier molecular flexibility index (Phi) is 4.31. The number of likely N-dealkylation sites (tertiary alicyclic amines) is 1. The number of fused-ring (bicyclic) bond motifs is 1. The lowest BCUT2D eigenvalue weighted by Gasteiger charge is -2.38. The van der Waals surface area contributed by atoms with Gasteiger partial charge in [-0.2, -0.15) is 0 Å². The number of carbonyl (C=O) groups excluding carboxylic acids is 1. The Labute approximate surface area is 157 Å². The van der Waals surface area contributed by atoms with Gasteiger partial charge in [-0.1, -0.05) is 24.3 Å². The summed E-state index contributed by atoms with van der Waals surface area (Å²) in [5.41, 5.74) is 1.07. The zero-order valence-corrected chi connectivity index (χ0v) is 15.5. The van der Waals surface area contributed by atoms with Gasteiger partial charge in [0, 0.05) is 18.5 Å². The number of hydrogen-bond acceptors (Lipinski definition) is 5. The highest BCUT2D eigenvalue weighted by molar-refractivity contribution is 7.92. The van der Waals surface area contributed by atoms with Gasteiger partial charge in [0.15, 0.2) is 9.84 Å². The summed E-state index contributed by atoms with van der Waals surface area (Å²) in [5.74, 6) is 0.351. The molecular formula is C20H18N2O4S. The molecule has 1 aliphatic rings. The maximum atomic E-state index is 12.7. The van der Waals surface area contributed by atoms with Crippen LogP contribution in [0.25, 0.3) is 10.9 Å². The van der Waals surface area contributed by atoms with Gasteiger partial charge in [-0.05, 0) is 36.4 Å². The second-order valence-electron chi connectivity index (χ2n) is 6.44. The molecule has 0 unspecified atom stereocenters. The highest BCUT2D eigenvalue weighted by Crippen LogP contribution is 2.26. The van der Waals surface area contributed by atoms with E-state index in [1.165, 1.54) is 24.1 Å². The van der Waals surface area contributed by atoms with Gasteiger partial charge in [-0.3, -0.25) is 4.79 Å². The number of methoxy groups -OCH3 is 1. The third-order valence-electron chi connectivity index (χ3n) is 4.78. The summed E-state index contributed by atoms with van der Waals surface area (Å²) >= 11 is 0. The average Bonchev–Trinajstić information content (AvgIpc) is 2.66. The topological polar surface area (TPSA) is 76.6 Å². The number of para-hydroxylation sites is 1. The highest BCUT2D eigenvalue weighted by atomic mass is 32.2. The van der Waals surface area contributed by atoms with Crippen molar-refractivity contribution in [1.29, 1.82) is 0 Å². The maximum Gasteiger partial charge on any atom is 0.272 e. The number of carbonyl (C=O) groups is 1. The van der Waals surface area contributed by atoms with Crippen LogP contribution >= 0.6 is 0 Å². The van der Waals surface area contributed by atoms with E-state index in [-0.39, 0.29) is 23.9 Å². The van der Waals surface area contributed by atoms with E-state index in [2.05, 4.69) is 4.98 Å². The van der Waals surface area contributed by atoms with E-state index in [1.807, 2.05) is 30.3 Å². The third kappa shape index (κ3) is 3.14. The molecule has 4 rings (SSSR count). The van der Waals surface area contributed by atoms with Crippen molar-refractivity contribution >= 4 is 26.6 Å². The smallest absolute Gasteiger partial charge is 0.272 e. The molecule has 7 heteroatoms. The molecule has 1 amide bonds. The average molecular weight is 382 g/mol. The van der Waals surface area contributed by atoms with E-state index in [0.29, 0.717) is 11.4 Å². The Balaban J connectivity index is 1.48. The van der Waals surface area contributed by atoms with Crippen molar-refractivity contribution in [2.75, 3.05) is 20.2 Å². The van der Waals surface area contributed by atoms with Crippen LogP contribution in [0, 0.1) is 0 Å². The molecule has 1 aromatic heterocycles. The number of rotatable bonds is 4. The van der Waals surface area contributed by atoms with Crippen molar-refractivity contribution in [2.24, 2.45) is 0 Å². The molecule has 6 nitrogen and oxygen atoms in total. The highest BCUT2D eigenvalue weighted by Gasteiger charge is 2.41. The summed E-state index contributed by atoms with van der Waals surface area (Å²) < 4.78 is 30.5. The SMILES string of the molecule is COc1ccc(S(=O)(=O)C2CN(C(=O)c3ccc4ccccc4n3)C2)cc1. The first-order valence-electron chi connectivity index (χ1n) is 8.52. The van der Waals surface area contributed by atoms with E-state index in [4.69, 9.17) is 4.74 Å². The minimum atomic E-state index is -3.48. The fraction of sp³-hybridized carbons (Fsp3) is 0.200. The van der Waals surface area contributed by atoms with Crippen LogP contribution in [-0.4, -0.2) is 49.7 Å². The normalized spacial score (nSPS) is 14.8. The first-order chi connectivity index (χ1) is 13.0. The van der Waals surface area contributed by atoms with Gasteiger partial charge in [0.05, 0.1) is 17.5 Å². The first-order valence-corrected chi connectivity index (χ1v) is 10.1. The third-order valence-corrected chi connectivity index (χ3v) is 6.88. The van der Waals surface area contributed by atoms with E-state index in [9.17, 15) is 13.2 Å². The Morgan fingerprint density at radius 1 is 1.04 bits per heavy atom. The molecule has 3 aromatic rings. The zero-order valence-electron chi connectivity index (χ0n) is 14.7. The number of hydrogen-bond donors (Lipinski definition) is 0. The predicted molar refractivity (Wildman–Crippen MR) is 102 cm³/mol. The molecule has 0 aliphatic carbocycles. The second kappa shape index (κ2) is 6.66. The molecule has 0 bridgehead atoms. The van der Waals surface area contributed by atoms with Crippen LogP contribution in [0.2, 0.25) is 0 Å². The summed E-state index contributed by atoms with van der Waals surface area (Å²) in [6.07, 6.45) is 0. The van der Waals surface area contributed by atoms with Gasteiger partial charge in [-0.15, -0.1) is 0 Å². The number of sulfone groups is 1. The van der Waals surface area contributed by atoms with Gasteiger partial charge < -0.3 is 9.64 Å². The molecule has 138 valence electrons. The van der Waals surface area contributed by atoms with Crippen molar-refractivity contribution in [3.05, 3.63) is 66.4 Å². The fourth-order valence-electron chi connectivity index (χ4n) is 3.11. The summed E-state index contributed by atoms with van der Waals surface area (Å²) in [6, 6.07) is 17.4. The molecule has 1 aliphatic heterocycles. The summed E-state index contributed by atoms with van der Waals surface area (Å²) in [6.45, 7) is 0.337. The number of nitrogens with zero attached hydrogens (tertiary/aromatic N) is 2. The Bertz CT molecular complexity index is 1100. The van der Waals surface area contributed by atoms with E-state index >= 15 is 0 Å². The lowest BCUT2D eigenvalue weighted by atomic mass is 10.1. The van der Waals surface area contributed by atoms with Gasteiger partial charge in [0.2, 0.25) is 0 Å². The molecule has 27 heavy (non-hydrogen) atoms. The molecule has 0 spiro atoms. The first kappa shape index (κ1) is 17.5. The number of benzene rings is 2. The number of ether oxygens (including phenoxy) is 1. The Morgan fingerprint density at radius 3 is 2.44 bits per heavy atom. The lowest BCUT2D eigenvalue weighted by molar-refractivity contribution is 0.0653.